The normalized spacial score (nSPS) is 18.3. The lowest BCUT2D eigenvalue weighted by molar-refractivity contribution is 0.125. The number of nitrogens with zero attached hydrogens (tertiary/aromatic N) is 1. The largest absolute Gasteiger partial charge is 0.297 e. The van der Waals surface area contributed by atoms with Crippen LogP contribution in [-0.2, 0) is 0 Å². The lowest BCUT2D eigenvalue weighted by Crippen LogP contribution is -2.41. The van der Waals surface area contributed by atoms with Crippen LogP contribution in [-0.4, -0.2) is 24.0 Å². The van der Waals surface area contributed by atoms with Crippen molar-refractivity contribution in [2.45, 2.75) is 52.5 Å². The number of hydrogen-bond donors (Lipinski definition) is 0. The van der Waals surface area contributed by atoms with Crippen LogP contribution in [0.1, 0.15) is 46.5 Å². The predicted octanol–water partition coefficient (Wildman–Crippen LogP) is 3.46. The van der Waals surface area contributed by atoms with Crippen molar-refractivity contribution in [3.05, 3.63) is 12.7 Å². The van der Waals surface area contributed by atoms with E-state index in [1.165, 1.54) is 32.2 Å². The molecule has 0 spiro atoms. The lowest BCUT2D eigenvalue weighted by Gasteiger charge is -2.38. The highest BCUT2D eigenvalue weighted by Gasteiger charge is 2.24. The van der Waals surface area contributed by atoms with Gasteiger partial charge in [0.2, 0.25) is 0 Å². The fourth-order valence-electron chi connectivity index (χ4n) is 1.82. The highest BCUT2D eigenvalue weighted by atomic mass is 15.2. The van der Waals surface area contributed by atoms with Crippen molar-refractivity contribution < 1.29 is 0 Å². The van der Waals surface area contributed by atoms with Crippen LogP contribution < -0.4 is 0 Å². The maximum atomic E-state index is 3.84. The molecule has 0 heterocycles. The van der Waals surface area contributed by atoms with E-state index in [1.807, 2.05) is 6.08 Å². The van der Waals surface area contributed by atoms with Crippen molar-refractivity contribution in [3.8, 4) is 0 Å². The van der Waals surface area contributed by atoms with Gasteiger partial charge in [-0.05, 0) is 31.2 Å². The molecule has 0 unspecified atom stereocenters. The van der Waals surface area contributed by atoms with Gasteiger partial charge in [0.1, 0.15) is 0 Å². The Hall–Kier alpha value is -0.300. The Balaban J connectivity index is 2.31. The van der Waals surface area contributed by atoms with E-state index in [0.717, 1.165) is 12.6 Å². The molecule has 0 aromatic heterocycles. The average Bonchev–Trinajstić information content (AvgIpc) is 1.95. The predicted molar refractivity (Wildman–Crippen MR) is 63.5 cm³/mol. The molecule has 1 fully saturated rings. The molecule has 82 valence electrons. The summed E-state index contributed by atoms with van der Waals surface area (Å²) in [5, 5.41) is 0. The molecular weight excluding hydrogens is 170 g/mol. The molecule has 0 amide bonds. The molecule has 0 N–H and O–H groups in total. The second kappa shape index (κ2) is 4.97. The first-order chi connectivity index (χ1) is 6.53. The van der Waals surface area contributed by atoms with Gasteiger partial charge in [0.25, 0.3) is 0 Å². The minimum Gasteiger partial charge on any atom is -0.297 e. The van der Waals surface area contributed by atoms with Crippen LogP contribution >= 0.6 is 0 Å². The SMILES string of the molecule is C=CCN(CCC(C)(C)C)C1CCC1. The third-order valence-corrected chi connectivity index (χ3v) is 3.10. The standard InChI is InChI=1S/C13H25N/c1-5-10-14(12-7-6-8-12)11-9-13(2,3)4/h5,12H,1,6-11H2,2-4H3. The highest BCUT2D eigenvalue weighted by molar-refractivity contribution is 4.85. The zero-order valence-corrected chi connectivity index (χ0v) is 10.1. The quantitative estimate of drug-likeness (QED) is 0.607. The van der Waals surface area contributed by atoms with E-state index in [1.54, 1.807) is 0 Å². The summed E-state index contributed by atoms with van der Waals surface area (Å²) in [5.74, 6) is 0. The first kappa shape index (κ1) is 11.8. The van der Waals surface area contributed by atoms with E-state index in [0.29, 0.717) is 5.41 Å². The maximum absolute atomic E-state index is 3.84. The van der Waals surface area contributed by atoms with E-state index in [4.69, 9.17) is 0 Å². The maximum Gasteiger partial charge on any atom is 0.0163 e. The average molecular weight is 195 g/mol. The molecule has 1 nitrogen and oxygen atoms in total. The van der Waals surface area contributed by atoms with Gasteiger partial charge in [0, 0.05) is 12.6 Å². The third kappa shape index (κ3) is 3.83. The van der Waals surface area contributed by atoms with Crippen LogP contribution in [0.15, 0.2) is 12.7 Å². The summed E-state index contributed by atoms with van der Waals surface area (Å²) in [6.45, 7) is 13.1. The van der Waals surface area contributed by atoms with E-state index >= 15 is 0 Å². The fourth-order valence-corrected chi connectivity index (χ4v) is 1.82. The summed E-state index contributed by atoms with van der Waals surface area (Å²) in [6.07, 6.45) is 7.56. The van der Waals surface area contributed by atoms with Crippen LogP contribution in [0.3, 0.4) is 0 Å². The van der Waals surface area contributed by atoms with Gasteiger partial charge >= 0.3 is 0 Å². The first-order valence-electron chi connectivity index (χ1n) is 5.88. The summed E-state index contributed by atoms with van der Waals surface area (Å²) >= 11 is 0. The highest BCUT2D eigenvalue weighted by Crippen LogP contribution is 2.27. The van der Waals surface area contributed by atoms with Crippen LogP contribution in [0.2, 0.25) is 0 Å². The van der Waals surface area contributed by atoms with Gasteiger partial charge in [-0.15, -0.1) is 6.58 Å². The zero-order chi connectivity index (χ0) is 10.6. The Kier molecular flexibility index (Phi) is 4.18. The summed E-state index contributed by atoms with van der Waals surface area (Å²) < 4.78 is 0. The second-order valence-electron chi connectivity index (χ2n) is 5.68. The molecule has 0 saturated heterocycles. The van der Waals surface area contributed by atoms with E-state index in [-0.39, 0.29) is 0 Å². The zero-order valence-electron chi connectivity index (χ0n) is 10.1. The Bertz CT molecular complexity index is 174. The van der Waals surface area contributed by atoms with Crippen molar-refractivity contribution in [2.75, 3.05) is 13.1 Å². The van der Waals surface area contributed by atoms with Gasteiger partial charge < -0.3 is 0 Å². The molecule has 1 heteroatoms. The fraction of sp³-hybridized carbons (Fsp3) is 0.846. The van der Waals surface area contributed by atoms with Crippen LogP contribution in [0.4, 0.5) is 0 Å². The minimum absolute atomic E-state index is 0.461. The molecule has 0 aromatic rings. The first-order valence-corrected chi connectivity index (χ1v) is 5.88. The minimum atomic E-state index is 0.461. The molecule has 1 aliphatic carbocycles. The summed E-state index contributed by atoms with van der Waals surface area (Å²) in [4.78, 5) is 2.60. The summed E-state index contributed by atoms with van der Waals surface area (Å²) in [5.41, 5.74) is 0.461. The molecule has 0 aliphatic heterocycles. The third-order valence-electron chi connectivity index (χ3n) is 3.10. The van der Waals surface area contributed by atoms with E-state index in [9.17, 15) is 0 Å². The summed E-state index contributed by atoms with van der Waals surface area (Å²) in [7, 11) is 0. The molecule has 0 bridgehead atoms. The summed E-state index contributed by atoms with van der Waals surface area (Å²) in [6, 6.07) is 0.857. The van der Waals surface area contributed by atoms with E-state index in [2.05, 4.69) is 32.3 Å². The van der Waals surface area contributed by atoms with Crippen molar-refractivity contribution in [2.24, 2.45) is 5.41 Å². The second-order valence-corrected chi connectivity index (χ2v) is 5.68. The van der Waals surface area contributed by atoms with Crippen LogP contribution in [0.5, 0.6) is 0 Å². The monoisotopic (exact) mass is 195 g/mol. The molecular formula is C13H25N. The van der Waals surface area contributed by atoms with Crippen LogP contribution in [0, 0.1) is 5.41 Å². The molecule has 1 rings (SSSR count). The molecule has 1 aliphatic rings. The lowest BCUT2D eigenvalue weighted by atomic mass is 9.88. The van der Waals surface area contributed by atoms with Gasteiger partial charge in [-0.2, -0.15) is 0 Å². The van der Waals surface area contributed by atoms with Crippen molar-refractivity contribution in [1.29, 1.82) is 0 Å². The molecule has 0 atom stereocenters. The van der Waals surface area contributed by atoms with Gasteiger partial charge in [-0.25, -0.2) is 0 Å². The molecule has 1 saturated carbocycles. The van der Waals surface area contributed by atoms with Crippen LogP contribution in [0.25, 0.3) is 0 Å². The Labute approximate surface area is 89.2 Å². The van der Waals surface area contributed by atoms with Gasteiger partial charge in [-0.3, -0.25) is 4.90 Å². The number of hydrogen-bond acceptors (Lipinski definition) is 1. The molecule has 0 aromatic carbocycles. The molecule has 0 radical (unpaired) electrons. The topological polar surface area (TPSA) is 3.24 Å². The van der Waals surface area contributed by atoms with Gasteiger partial charge in [-0.1, -0.05) is 33.3 Å². The van der Waals surface area contributed by atoms with Crippen molar-refractivity contribution in [1.82, 2.24) is 4.90 Å². The molecule has 14 heavy (non-hydrogen) atoms. The van der Waals surface area contributed by atoms with Gasteiger partial charge in [0.05, 0.1) is 0 Å². The Morgan fingerprint density at radius 2 is 2.00 bits per heavy atom. The number of rotatable bonds is 5. The van der Waals surface area contributed by atoms with Crippen molar-refractivity contribution >= 4 is 0 Å². The smallest absolute Gasteiger partial charge is 0.0163 e. The van der Waals surface area contributed by atoms with E-state index < -0.39 is 0 Å². The van der Waals surface area contributed by atoms with Gasteiger partial charge in [0.15, 0.2) is 0 Å². The Morgan fingerprint density at radius 3 is 2.36 bits per heavy atom. The van der Waals surface area contributed by atoms with Crippen molar-refractivity contribution in [3.63, 3.8) is 0 Å². The Morgan fingerprint density at radius 1 is 1.36 bits per heavy atom.